The number of hydrogen-bond donors (Lipinski definition) is 1. The average Bonchev–Trinajstić information content (AvgIpc) is 3.13. The second-order valence-corrected chi connectivity index (χ2v) is 7.61. The molecule has 3 aromatic rings. The van der Waals surface area contributed by atoms with Crippen molar-refractivity contribution < 1.29 is 9.47 Å². The lowest BCUT2D eigenvalue weighted by Gasteiger charge is -2.34. The molecule has 0 aliphatic carbocycles. The largest absolute Gasteiger partial charge is 0.493 e. The molecular formula is C21H25N3O2S. The van der Waals surface area contributed by atoms with Crippen molar-refractivity contribution in [2.45, 2.75) is 13.0 Å². The molecule has 5 nitrogen and oxygen atoms in total. The molecule has 0 radical (unpaired) electrons. The Morgan fingerprint density at radius 2 is 1.96 bits per heavy atom. The molecule has 0 bridgehead atoms. The molecule has 2 heterocycles. The first-order valence-corrected chi connectivity index (χ1v) is 10.2. The van der Waals surface area contributed by atoms with Crippen molar-refractivity contribution in [1.29, 1.82) is 0 Å². The van der Waals surface area contributed by atoms with Gasteiger partial charge in [-0.1, -0.05) is 18.2 Å². The lowest BCUT2D eigenvalue weighted by Crippen LogP contribution is -2.45. The summed E-state index contributed by atoms with van der Waals surface area (Å²) in [6.07, 6.45) is 0. The Hall–Kier alpha value is -2.15. The summed E-state index contributed by atoms with van der Waals surface area (Å²) in [6.45, 7) is 6.59. The van der Waals surface area contributed by atoms with Crippen LogP contribution in [0.5, 0.6) is 11.5 Å². The van der Waals surface area contributed by atoms with E-state index in [1.807, 2.05) is 19.1 Å². The highest BCUT2D eigenvalue weighted by Crippen LogP contribution is 2.38. The maximum atomic E-state index is 5.83. The predicted molar refractivity (Wildman–Crippen MR) is 110 cm³/mol. The topological polar surface area (TPSA) is 46.6 Å². The SMILES string of the molecule is CCOc1cc(C(c2nc3ccccc3s2)N2CCNCC2)ccc1OC. The van der Waals surface area contributed by atoms with Crippen molar-refractivity contribution in [3.63, 3.8) is 0 Å². The van der Waals surface area contributed by atoms with Crippen LogP contribution in [0.2, 0.25) is 0 Å². The van der Waals surface area contributed by atoms with Crippen molar-refractivity contribution in [1.82, 2.24) is 15.2 Å². The Balaban J connectivity index is 1.79. The highest BCUT2D eigenvalue weighted by atomic mass is 32.1. The molecule has 1 aromatic heterocycles. The molecule has 1 saturated heterocycles. The minimum atomic E-state index is 0.120. The van der Waals surface area contributed by atoms with Gasteiger partial charge in [-0.05, 0) is 36.8 Å². The summed E-state index contributed by atoms with van der Waals surface area (Å²) in [5, 5.41) is 4.58. The third kappa shape index (κ3) is 3.78. The van der Waals surface area contributed by atoms with Crippen LogP contribution < -0.4 is 14.8 Å². The van der Waals surface area contributed by atoms with E-state index in [-0.39, 0.29) is 6.04 Å². The van der Waals surface area contributed by atoms with Crippen LogP contribution in [0.25, 0.3) is 10.2 Å². The molecule has 0 spiro atoms. The van der Waals surface area contributed by atoms with Gasteiger partial charge in [-0.2, -0.15) is 0 Å². The number of benzene rings is 2. The standard InChI is InChI=1S/C21H25N3O2S/c1-3-26-18-14-15(8-9-17(18)25-2)20(24-12-10-22-11-13-24)21-23-16-6-4-5-7-19(16)27-21/h4-9,14,20,22H,3,10-13H2,1-2H3. The Kier molecular flexibility index (Phi) is 5.57. The van der Waals surface area contributed by atoms with Crippen molar-refractivity contribution in [2.75, 3.05) is 39.9 Å². The normalized spacial score (nSPS) is 16.4. The van der Waals surface area contributed by atoms with Crippen LogP contribution in [0.1, 0.15) is 23.5 Å². The van der Waals surface area contributed by atoms with E-state index in [0.717, 1.165) is 48.2 Å². The highest BCUT2D eigenvalue weighted by Gasteiger charge is 2.27. The maximum Gasteiger partial charge on any atom is 0.161 e. The van der Waals surface area contributed by atoms with Crippen LogP contribution in [0.4, 0.5) is 0 Å². The van der Waals surface area contributed by atoms with E-state index in [1.54, 1.807) is 18.4 Å². The summed E-state index contributed by atoms with van der Waals surface area (Å²) in [7, 11) is 1.68. The molecule has 0 saturated carbocycles. The predicted octanol–water partition coefficient (Wildman–Crippen LogP) is 3.70. The van der Waals surface area contributed by atoms with Crippen LogP contribution in [-0.4, -0.2) is 49.8 Å². The fourth-order valence-electron chi connectivity index (χ4n) is 3.59. The first-order chi connectivity index (χ1) is 13.3. The van der Waals surface area contributed by atoms with E-state index < -0.39 is 0 Å². The van der Waals surface area contributed by atoms with Crippen molar-refractivity contribution in [3.8, 4) is 11.5 Å². The minimum Gasteiger partial charge on any atom is -0.493 e. The second kappa shape index (κ2) is 8.25. The van der Waals surface area contributed by atoms with Crippen LogP contribution in [0.15, 0.2) is 42.5 Å². The number of piperazine rings is 1. The molecule has 0 amide bonds. The molecule has 1 aliphatic rings. The fourth-order valence-corrected chi connectivity index (χ4v) is 4.72. The Morgan fingerprint density at radius 1 is 1.15 bits per heavy atom. The van der Waals surface area contributed by atoms with Gasteiger partial charge < -0.3 is 14.8 Å². The molecule has 1 atom stereocenters. The van der Waals surface area contributed by atoms with E-state index >= 15 is 0 Å². The first-order valence-electron chi connectivity index (χ1n) is 9.41. The monoisotopic (exact) mass is 383 g/mol. The maximum absolute atomic E-state index is 5.83. The Morgan fingerprint density at radius 3 is 2.70 bits per heavy atom. The number of ether oxygens (including phenoxy) is 2. The molecule has 142 valence electrons. The third-order valence-electron chi connectivity index (χ3n) is 4.86. The summed E-state index contributed by atoms with van der Waals surface area (Å²) in [4.78, 5) is 7.47. The number of nitrogens with one attached hydrogen (secondary N) is 1. The van der Waals surface area contributed by atoms with E-state index in [1.165, 1.54) is 10.3 Å². The van der Waals surface area contributed by atoms with Gasteiger partial charge in [0, 0.05) is 26.2 Å². The molecular weight excluding hydrogens is 358 g/mol. The van der Waals surface area contributed by atoms with Crippen molar-refractivity contribution in [2.24, 2.45) is 0 Å². The van der Waals surface area contributed by atoms with Gasteiger partial charge in [0.25, 0.3) is 0 Å². The fraction of sp³-hybridized carbons (Fsp3) is 0.381. The highest BCUT2D eigenvalue weighted by molar-refractivity contribution is 7.18. The van der Waals surface area contributed by atoms with Crippen LogP contribution in [0, 0.1) is 0 Å². The number of rotatable bonds is 6. The molecule has 1 N–H and O–H groups in total. The lowest BCUT2D eigenvalue weighted by molar-refractivity contribution is 0.197. The molecule has 4 rings (SSSR count). The van der Waals surface area contributed by atoms with E-state index in [2.05, 4.69) is 40.5 Å². The zero-order valence-corrected chi connectivity index (χ0v) is 16.6. The zero-order valence-electron chi connectivity index (χ0n) is 15.8. The number of nitrogens with zero attached hydrogens (tertiary/aromatic N) is 2. The van der Waals surface area contributed by atoms with Gasteiger partial charge >= 0.3 is 0 Å². The number of hydrogen-bond acceptors (Lipinski definition) is 6. The van der Waals surface area contributed by atoms with Crippen LogP contribution in [0.3, 0.4) is 0 Å². The smallest absolute Gasteiger partial charge is 0.161 e. The Labute approximate surface area is 163 Å². The van der Waals surface area contributed by atoms with E-state index in [4.69, 9.17) is 14.5 Å². The van der Waals surface area contributed by atoms with Gasteiger partial charge in [0.05, 0.1) is 30.0 Å². The molecule has 27 heavy (non-hydrogen) atoms. The third-order valence-corrected chi connectivity index (χ3v) is 5.95. The summed E-state index contributed by atoms with van der Waals surface area (Å²) < 4.78 is 12.5. The Bertz CT molecular complexity index is 872. The van der Waals surface area contributed by atoms with Gasteiger partial charge in [0.1, 0.15) is 5.01 Å². The van der Waals surface area contributed by atoms with Crippen LogP contribution in [-0.2, 0) is 0 Å². The average molecular weight is 384 g/mol. The number of methoxy groups -OCH3 is 1. The molecule has 6 heteroatoms. The molecule has 2 aromatic carbocycles. The van der Waals surface area contributed by atoms with Gasteiger partial charge in [0.2, 0.25) is 0 Å². The number of thiazole rings is 1. The quantitative estimate of drug-likeness (QED) is 0.703. The van der Waals surface area contributed by atoms with Gasteiger partial charge in [-0.15, -0.1) is 11.3 Å². The zero-order chi connectivity index (χ0) is 18.6. The lowest BCUT2D eigenvalue weighted by atomic mass is 10.0. The molecule has 1 fully saturated rings. The molecule has 1 aliphatic heterocycles. The van der Waals surface area contributed by atoms with Crippen molar-refractivity contribution in [3.05, 3.63) is 53.0 Å². The summed E-state index contributed by atoms with van der Waals surface area (Å²) in [5.41, 5.74) is 2.26. The van der Waals surface area contributed by atoms with Gasteiger partial charge in [-0.3, -0.25) is 4.90 Å². The van der Waals surface area contributed by atoms with Crippen LogP contribution >= 0.6 is 11.3 Å². The summed E-state index contributed by atoms with van der Waals surface area (Å²) in [5.74, 6) is 1.56. The summed E-state index contributed by atoms with van der Waals surface area (Å²) in [6, 6.07) is 14.7. The minimum absolute atomic E-state index is 0.120. The van der Waals surface area contributed by atoms with Crippen molar-refractivity contribution >= 4 is 21.6 Å². The number of fused-ring (bicyclic) bond motifs is 1. The van der Waals surface area contributed by atoms with E-state index in [0.29, 0.717) is 6.61 Å². The number of para-hydroxylation sites is 1. The van der Waals surface area contributed by atoms with Gasteiger partial charge in [0.15, 0.2) is 11.5 Å². The molecule has 1 unspecified atom stereocenters. The summed E-state index contributed by atoms with van der Waals surface area (Å²) >= 11 is 1.78. The van der Waals surface area contributed by atoms with Gasteiger partial charge in [-0.25, -0.2) is 4.98 Å². The number of aromatic nitrogens is 1. The first kappa shape index (κ1) is 18.2. The second-order valence-electron chi connectivity index (χ2n) is 6.55. The van der Waals surface area contributed by atoms with E-state index in [9.17, 15) is 0 Å².